The average molecular weight is 297 g/mol. The van der Waals surface area contributed by atoms with Crippen LogP contribution in [0.25, 0.3) is 10.9 Å². The van der Waals surface area contributed by atoms with Gasteiger partial charge in [-0.2, -0.15) is 0 Å². The van der Waals surface area contributed by atoms with Crippen LogP contribution in [0.2, 0.25) is 0 Å². The van der Waals surface area contributed by atoms with E-state index in [4.69, 9.17) is 0 Å². The lowest BCUT2D eigenvalue weighted by molar-refractivity contribution is 0.645. The van der Waals surface area contributed by atoms with Crippen LogP contribution in [-0.4, -0.2) is 15.0 Å². The van der Waals surface area contributed by atoms with Gasteiger partial charge in [0.05, 0.1) is 11.3 Å². The summed E-state index contributed by atoms with van der Waals surface area (Å²) in [5.74, 6) is 0.458. The van der Waals surface area contributed by atoms with Crippen molar-refractivity contribution < 1.29 is 0 Å². The fourth-order valence-electron chi connectivity index (χ4n) is 2.05. The molecule has 0 spiro atoms. The molecule has 0 unspecified atom stereocenters. The summed E-state index contributed by atoms with van der Waals surface area (Å²) in [6.45, 7) is 4.17. The average Bonchev–Trinajstić information content (AvgIpc) is 2.50. The van der Waals surface area contributed by atoms with E-state index in [9.17, 15) is 4.79 Å². The Labute approximate surface area is 126 Å². The SMILES string of the molecule is Cc1ccc(SCn2nnc3ccccc3c2=O)cc1C. The molecule has 4 nitrogen and oxygen atoms in total. The molecule has 2 aromatic carbocycles. The largest absolute Gasteiger partial charge is 0.278 e. The van der Waals surface area contributed by atoms with E-state index in [0.29, 0.717) is 16.8 Å². The van der Waals surface area contributed by atoms with Crippen molar-refractivity contribution in [3.8, 4) is 0 Å². The van der Waals surface area contributed by atoms with Gasteiger partial charge in [-0.15, -0.1) is 16.9 Å². The van der Waals surface area contributed by atoms with Crippen LogP contribution in [0.5, 0.6) is 0 Å². The van der Waals surface area contributed by atoms with Gasteiger partial charge in [0.25, 0.3) is 5.56 Å². The van der Waals surface area contributed by atoms with Crippen molar-refractivity contribution in [3.63, 3.8) is 0 Å². The molecule has 0 saturated carbocycles. The molecular weight excluding hydrogens is 282 g/mol. The number of aryl methyl sites for hydroxylation is 2. The van der Waals surface area contributed by atoms with Crippen molar-refractivity contribution in [2.75, 3.05) is 0 Å². The van der Waals surface area contributed by atoms with Gasteiger partial charge in [-0.25, -0.2) is 4.68 Å². The second-order valence-electron chi connectivity index (χ2n) is 4.93. The molecule has 0 amide bonds. The van der Waals surface area contributed by atoms with Gasteiger partial charge >= 0.3 is 0 Å². The van der Waals surface area contributed by atoms with Crippen LogP contribution in [0, 0.1) is 13.8 Å². The molecule has 0 atom stereocenters. The van der Waals surface area contributed by atoms with Crippen LogP contribution < -0.4 is 5.56 Å². The Balaban J connectivity index is 1.86. The highest BCUT2D eigenvalue weighted by atomic mass is 32.2. The molecule has 3 rings (SSSR count). The number of rotatable bonds is 3. The van der Waals surface area contributed by atoms with E-state index >= 15 is 0 Å². The summed E-state index contributed by atoms with van der Waals surface area (Å²) >= 11 is 1.58. The van der Waals surface area contributed by atoms with E-state index in [1.807, 2.05) is 12.1 Å². The number of hydrogen-bond acceptors (Lipinski definition) is 4. The summed E-state index contributed by atoms with van der Waals surface area (Å²) in [4.78, 5) is 13.4. The molecule has 0 N–H and O–H groups in total. The first-order valence-corrected chi connectivity index (χ1v) is 7.66. The first-order chi connectivity index (χ1) is 10.1. The van der Waals surface area contributed by atoms with E-state index in [1.165, 1.54) is 15.8 Å². The molecule has 0 saturated heterocycles. The van der Waals surface area contributed by atoms with Crippen molar-refractivity contribution in [1.29, 1.82) is 0 Å². The molecule has 21 heavy (non-hydrogen) atoms. The third-order valence-corrected chi connectivity index (χ3v) is 4.42. The Bertz CT molecular complexity index is 858. The second kappa shape index (κ2) is 5.69. The van der Waals surface area contributed by atoms with Crippen LogP contribution >= 0.6 is 11.8 Å². The molecule has 0 aliphatic carbocycles. The van der Waals surface area contributed by atoms with E-state index < -0.39 is 0 Å². The normalized spacial score (nSPS) is 11.0. The maximum absolute atomic E-state index is 12.3. The Morgan fingerprint density at radius 2 is 1.90 bits per heavy atom. The van der Waals surface area contributed by atoms with Crippen molar-refractivity contribution >= 4 is 22.7 Å². The van der Waals surface area contributed by atoms with Crippen LogP contribution in [0.4, 0.5) is 0 Å². The fourth-order valence-corrected chi connectivity index (χ4v) is 2.91. The lowest BCUT2D eigenvalue weighted by Crippen LogP contribution is -2.23. The summed E-state index contributed by atoms with van der Waals surface area (Å²) in [5.41, 5.74) is 3.05. The van der Waals surface area contributed by atoms with Crippen molar-refractivity contribution in [2.24, 2.45) is 0 Å². The number of benzene rings is 2. The molecule has 0 aliphatic rings. The molecule has 5 heteroatoms. The zero-order chi connectivity index (χ0) is 14.8. The summed E-state index contributed by atoms with van der Waals surface area (Å²) < 4.78 is 1.40. The second-order valence-corrected chi connectivity index (χ2v) is 5.95. The van der Waals surface area contributed by atoms with Crippen LogP contribution in [0.3, 0.4) is 0 Å². The van der Waals surface area contributed by atoms with E-state index in [0.717, 1.165) is 4.90 Å². The van der Waals surface area contributed by atoms with Gasteiger partial charge in [0, 0.05) is 4.90 Å². The Morgan fingerprint density at radius 1 is 1.10 bits per heavy atom. The highest BCUT2D eigenvalue weighted by molar-refractivity contribution is 7.98. The highest BCUT2D eigenvalue weighted by Crippen LogP contribution is 2.21. The molecular formula is C16H15N3OS. The third-order valence-electron chi connectivity index (χ3n) is 3.46. The molecule has 106 valence electrons. The minimum absolute atomic E-state index is 0.100. The number of nitrogens with zero attached hydrogens (tertiary/aromatic N) is 3. The quantitative estimate of drug-likeness (QED) is 0.697. The van der Waals surface area contributed by atoms with Crippen LogP contribution in [0.1, 0.15) is 11.1 Å². The first-order valence-electron chi connectivity index (χ1n) is 6.68. The van der Waals surface area contributed by atoms with Crippen molar-refractivity contribution in [1.82, 2.24) is 15.0 Å². The van der Waals surface area contributed by atoms with Gasteiger partial charge in [-0.05, 0) is 49.2 Å². The highest BCUT2D eigenvalue weighted by Gasteiger charge is 2.05. The van der Waals surface area contributed by atoms with E-state index in [1.54, 1.807) is 23.9 Å². The predicted molar refractivity (Wildman–Crippen MR) is 85.6 cm³/mol. The summed E-state index contributed by atoms with van der Waals surface area (Å²) in [7, 11) is 0. The lowest BCUT2D eigenvalue weighted by Gasteiger charge is -2.06. The van der Waals surface area contributed by atoms with Gasteiger partial charge in [-0.1, -0.05) is 23.4 Å². The van der Waals surface area contributed by atoms with Gasteiger partial charge in [0.2, 0.25) is 0 Å². The fraction of sp³-hybridized carbons (Fsp3) is 0.188. The Hall–Kier alpha value is -2.14. The smallest absolute Gasteiger partial charge is 0.267 e. The third kappa shape index (κ3) is 2.83. The van der Waals surface area contributed by atoms with E-state index in [2.05, 4.69) is 42.4 Å². The minimum atomic E-state index is -0.100. The summed E-state index contributed by atoms with van der Waals surface area (Å²) in [5, 5.41) is 8.69. The molecule has 1 aromatic heterocycles. The van der Waals surface area contributed by atoms with E-state index in [-0.39, 0.29) is 5.56 Å². The number of aromatic nitrogens is 3. The molecule has 0 bridgehead atoms. The van der Waals surface area contributed by atoms with Crippen molar-refractivity contribution in [2.45, 2.75) is 24.6 Å². The summed E-state index contributed by atoms with van der Waals surface area (Å²) in [6, 6.07) is 13.5. The number of fused-ring (bicyclic) bond motifs is 1. The molecule has 1 heterocycles. The predicted octanol–water partition coefficient (Wildman–Crippen LogP) is 3.16. The van der Waals surface area contributed by atoms with Gasteiger partial charge in [0.1, 0.15) is 5.52 Å². The van der Waals surface area contributed by atoms with Crippen LogP contribution in [-0.2, 0) is 5.88 Å². The Kier molecular flexibility index (Phi) is 3.75. The molecule has 0 aliphatic heterocycles. The molecule has 0 radical (unpaired) electrons. The van der Waals surface area contributed by atoms with Crippen LogP contribution in [0.15, 0.2) is 52.2 Å². The number of hydrogen-bond donors (Lipinski definition) is 0. The zero-order valence-electron chi connectivity index (χ0n) is 11.9. The molecule has 0 fully saturated rings. The maximum Gasteiger partial charge on any atom is 0.278 e. The Morgan fingerprint density at radius 3 is 2.71 bits per heavy atom. The zero-order valence-corrected chi connectivity index (χ0v) is 12.7. The van der Waals surface area contributed by atoms with Crippen molar-refractivity contribution in [3.05, 3.63) is 63.9 Å². The topological polar surface area (TPSA) is 47.8 Å². The molecule has 3 aromatic rings. The maximum atomic E-state index is 12.3. The number of thioether (sulfide) groups is 1. The standard InChI is InChI=1S/C16H15N3OS/c1-11-7-8-13(9-12(11)2)21-10-19-16(20)14-5-3-4-6-15(14)17-18-19/h3-9H,10H2,1-2H3. The van der Waals surface area contributed by atoms with Gasteiger partial charge < -0.3 is 0 Å². The van der Waals surface area contributed by atoms with Gasteiger partial charge in [0.15, 0.2) is 0 Å². The lowest BCUT2D eigenvalue weighted by atomic mass is 10.1. The minimum Gasteiger partial charge on any atom is -0.267 e. The van der Waals surface area contributed by atoms with Gasteiger partial charge in [-0.3, -0.25) is 4.79 Å². The summed E-state index contributed by atoms with van der Waals surface area (Å²) in [6.07, 6.45) is 0. The first kappa shape index (κ1) is 13.8. The monoisotopic (exact) mass is 297 g/mol.